The summed E-state index contributed by atoms with van der Waals surface area (Å²) in [7, 11) is 0. The van der Waals surface area contributed by atoms with Crippen LogP contribution in [0.5, 0.6) is 0 Å². The van der Waals surface area contributed by atoms with Crippen LogP contribution in [0, 0.1) is 11.6 Å². The van der Waals surface area contributed by atoms with Gasteiger partial charge in [-0.2, -0.15) is 0 Å². The fourth-order valence-electron chi connectivity index (χ4n) is 2.86. The van der Waals surface area contributed by atoms with Gasteiger partial charge in [-0.15, -0.1) is 0 Å². The van der Waals surface area contributed by atoms with Crippen molar-refractivity contribution < 1.29 is 13.2 Å². The van der Waals surface area contributed by atoms with E-state index in [2.05, 4.69) is 16.4 Å². The Morgan fingerprint density at radius 2 is 2.04 bits per heavy atom. The van der Waals surface area contributed by atoms with E-state index in [4.69, 9.17) is 4.42 Å². The van der Waals surface area contributed by atoms with Crippen molar-refractivity contribution in [3.8, 4) is 0 Å². The Hall–Kier alpha value is -2.27. The van der Waals surface area contributed by atoms with Gasteiger partial charge in [0.1, 0.15) is 5.52 Å². The number of oxazole rings is 1. The molecule has 126 valence electrons. The normalized spacial score (nSPS) is 12.6. The molecule has 0 aliphatic heterocycles. The molecule has 0 aliphatic rings. The monoisotopic (exact) mass is 330 g/mol. The number of aryl methyl sites for hydroxylation is 1. The van der Waals surface area contributed by atoms with Crippen LogP contribution >= 0.6 is 0 Å². The van der Waals surface area contributed by atoms with Gasteiger partial charge in [0.15, 0.2) is 23.6 Å². The fourth-order valence-corrected chi connectivity index (χ4v) is 2.86. The summed E-state index contributed by atoms with van der Waals surface area (Å²) in [5.74, 6) is -1.60. The lowest BCUT2D eigenvalue weighted by Crippen LogP contribution is -2.29. The van der Waals surface area contributed by atoms with Crippen LogP contribution in [0.4, 0.5) is 8.78 Å². The molecule has 0 bridgehead atoms. The predicted molar refractivity (Wildman–Crippen MR) is 89.9 cm³/mol. The molecule has 1 unspecified atom stereocenters. The lowest BCUT2D eigenvalue weighted by atomic mass is 10.1. The first-order chi connectivity index (χ1) is 11.6. The number of rotatable bonds is 7. The SMILES string of the molecule is CC(Cc1ccc(F)c(F)c1)NCCCc1cccc2ncoc12. The smallest absolute Gasteiger partial charge is 0.181 e. The molecule has 0 spiro atoms. The zero-order chi connectivity index (χ0) is 16.9. The summed E-state index contributed by atoms with van der Waals surface area (Å²) < 4.78 is 31.6. The van der Waals surface area contributed by atoms with E-state index in [1.807, 2.05) is 19.1 Å². The van der Waals surface area contributed by atoms with Crippen LogP contribution in [0.3, 0.4) is 0 Å². The Labute approximate surface area is 139 Å². The number of nitrogens with zero attached hydrogens (tertiary/aromatic N) is 1. The lowest BCUT2D eigenvalue weighted by Gasteiger charge is -2.14. The third kappa shape index (κ3) is 3.97. The Bertz CT molecular complexity index is 816. The zero-order valence-electron chi connectivity index (χ0n) is 13.6. The summed E-state index contributed by atoms with van der Waals surface area (Å²) in [6.45, 7) is 2.88. The lowest BCUT2D eigenvalue weighted by molar-refractivity contribution is 0.501. The van der Waals surface area contributed by atoms with Crippen LogP contribution < -0.4 is 5.32 Å². The highest BCUT2D eigenvalue weighted by atomic mass is 19.2. The summed E-state index contributed by atoms with van der Waals surface area (Å²) in [6.07, 6.45) is 3.99. The molecule has 1 aromatic heterocycles. The molecule has 0 saturated carbocycles. The van der Waals surface area contributed by atoms with Crippen LogP contribution in [0.25, 0.3) is 11.1 Å². The van der Waals surface area contributed by atoms with Crippen molar-refractivity contribution in [3.05, 3.63) is 65.6 Å². The van der Waals surface area contributed by atoms with Crippen molar-refractivity contribution in [2.24, 2.45) is 0 Å². The second-order valence-corrected chi connectivity index (χ2v) is 6.03. The Balaban J connectivity index is 1.46. The molecular weight excluding hydrogens is 310 g/mol. The average molecular weight is 330 g/mol. The molecule has 24 heavy (non-hydrogen) atoms. The maximum absolute atomic E-state index is 13.2. The van der Waals surface area contributed by atoms with Gasteiger partial charge in [0.25, 0.3) is 0 Å². The maximum Gasteiger partial charge on any atom is 0.181 e. The van der Waals surface area contributed by atoms with E-state index in [0.717, 1.165) is 41.6 Å². The van der Waals surface area contributed by atoms with Crippen molar-refractivity contribution in [3.63, 3.8) is 0 Å². The largest absolute Gasteiger partial charge is 0.443 e. The van der Waals surface area contributed by atoms with Crippen LogP contribution in [0.2, 0.25) is 0 Å². The number of halogens is 2. The van der Waals surface area contributed by atoms with Crippen molar-refractivity contribution in [2.45, 2.75) is 32.2 Å². The molecule has 3 aromatic rings. The van der Waals surface area contributed by atoms with Gasteiger partial charge in [-0.3, -0.25) is 0 Å². The van der Waals surface area contributed by atoms with Crippen LogP contribution in [-0.4, -0.2) is 17.6 Å². The van der Waals surface area contributed by atoms with E-state index < -0.39 is 11.6 Å². The van der Waals surface area contributed by atoms with Gasteiger partial charge >= 0.3 is 0 Å². The first-order valence-corrected chi connectivity index (χ1v) is 8.12. The second kappa shape index (κ2) is 7.53. The number of hydrogen-bond donors (Lipinski definition) is 1. The van der Waals surface area contributed by atoms with Gasteiger partial charge in [0.05, 0.1) is 0 Å². The highest BCUT2D eigenvalue weighted by Gasteiger charge is 2.08. The van der Waals surface area contributed by atoms with E-state index in [1.165, 1.54) is 18.5 Å². The minimum absolute atomic E-state index is 0.191. The summed E-state index contributed by atoms with van der Waals surface area (Å²) in [5.41, 5.74) is 3.68. The van der Waals surface area contributed by atoms with Crippen molar-refractivity contribution in [1.29, 1.82) is 0 Å². The number of hydrogen-bond acceptors (Lipinski definition) is 3. The van der Waals surface area contributed by atoms with E-state index in [1.54, 1.807) is 6.07 Å². The summed E-state index contributed by atoms with van der Waals surface area (Å²) in [6, 6.07) is 10.2. The van der Waals surface area contributed by atoms with Crippen LogP contribution in [0.1, 0.15) is 24.5 Å². The number of benzene rings is 2. The van der Waals surface area contributed by atoms with E-state index in [-0.39, 0.29) is 6.04 Å². The molecule has 3 rings (SSSR count). The molecule has 3 nitrogen and oxygen atoms in total. The van der Waals surface area contributed by atoms with Crippen LogP contribution in [0.15, 0.2) is 47.2 Å². The summed E-state index contributed by atoms with van der Waals surface area (Å²) in [4.78, 5) is 4.16. The van der Waals surface area contributed by atoms with Crippen LogP contribution in [-0.2, 0) is 12.8 Å². The fraction of sp³-hybridized carbons (Fsp3) is 0.316. The highest BCUT2D eigenvalue weighted by Crippen LogP contribution is 2.18. The molecule has 0 radical (unpaired) electrons. The summed E-state index contributed by atoms with van der Waals surface area (Å²) >= 11 is 0. The molecule has 1 atom stereocenters. The number of fused-ring (bicyclic) bond motifs is 1. The first kappa shape index (κ1) is 16.6. The van der Waals surface area contributed by atoms with Crippen molar-refractivity contribution in [2.75, 3.05) is 6.54 Å². The third-order valence-corrected chi connectivity index (χ3v) is 4.08. The van der Waals surface area contributed by atoms with Gasteiger partial charge in [0.2, 0.25) is 0 Å². The minimum Gasteiger partial charge on any atom is -0.443 e. The highest BCUT2D eigenvalue weighted by molar-refractivity contribution is 5.75. The number of para-hydroxylation sites is 1. The molecule has 0 amide bonds. The zero-order valence-corrected chi connectivity index (χ0v) is 13.6. The standard InChI is InChI=1S/C19H20F2N2O/c1-13(10-14-7-8-16(20)17(21)11-14)22-9-3-5-15-4-2-6-18-19(15)24-12-23-18/h2,4,6-8,11-13,22H,3,5,9-10H2,1H3. The quantitative estimate of drug-likeness (QED) is 0.658. The number of nitrogens with one attached hydrogen (secondary N) is 1. The van der Waals surface area contributed by atoms with Gasteiger partial charge in [-0.1, -0.05) is 18.2 Å². The van der Waals surface area contributed by atoms with Crippen molar-refractivity contribution in [1.82, 2.24) is 10.3 Å². The maximum atomic E-state index is 13.2. The molecule has 5 heteroatoms. The average Bonchev–Trinajstić information content (AvgIpc) is 3.04. The molecule has 1 N–H and O–H groups in total. The van der Waals surface area contributed by atoms with Gasteiger partial charge in [-0.05, 0) is 62.1 Å². The molecule has 0 fully saturated rings. The van der Waals surface area contributed by atoms with E-state index in [0.29, 0.717) is 6.42 Å². The second-order valence-electron chi connectivity index (χ2n) is 6.03. The predicted octanol–water partition coefficient (Wildman–Crippen LogP) is 4.26. The number of aromatic nitrogens is 1. The molecule has 2 aromatic carbocycles. The van der Waals surface area contributed by atoms with Gasteiger partial charge < -0.3 is 9.73 Å². The first-order valence-electron chi connectivity index (χ1n) is 8.12. The Morgan fingerprint density at radius 3 is 2.88 bits per heavy atom. The topological polar surface area (TPSA) is 38.1 Å². The van der Waals surface area contributed by atoms with Gasteiger partial charge in [0, 0.05) is 6.04 Å². The van der Waals surface area contributed by atoms with E-state index >= 15 is 0 Å². The minimum atomic E-state index is -0.805. The summed E-state index contributed by atoms with van der Waals surface area (Å²) in [5, 5.41) is 3.41. The molecule has 0 saturated heterocycles. The Morgan fingerprint density at radius 1 is 1.17 bits per heavy atom. The van der Waals surface area contributed by atoms with Crippen molar-refractivity contribution >= 4 is 11.1 Å². The molecule has 1 heterocycles. The molecule has 0 aliphatic carbocycles. The molecular formula is C19H20F2N2O. The van der Waals surface area contributed by atoms with E-state index in [9.17, 15) is 8.78 Å². The third-order valence-electron chi connectivity index (χ3n) is 4.08. The Kier molecular flexibility index (Phi) is 5.20. The van der Waals surface area contributed by atoms with Gasteiger partial charge in [-0.25, -0.2) is 13.8 Å².